The van der Waals surface area contributed by atoms with Crippen molar-refractivity contribution in [1.82, 2.24) is 15.1 Å². The highest BCUT2D eigenvalue weighted by molar-refractivity contribution is 6.31. The Morgan fingerprint density at radius 1 is 1.26 bits per heavy atom. The molecule has 2 aromatic rings. The summed E-state index contributed by atoms with van der Waals surface area (Å²) in [6, 6.07) is 8.15. The Bertz CT molecular complexity index is 867. The van der Waals surface area contributed by atoms with Gasteiger partial charge in [-0.25, -0.2) is 4.68 Å². The predicted octanol–water partition coefficient (Wildman–Crippen LogP) is 2.84. The van der Waals surface area contributed by atoms with Gasteiger partial charge in [0.15, 0.2) is 0 Å². The molecule has 0 atom stereocenters. The topological polar surface area (TPSA) is 90.0 Å². The summed E-state index contributed by atoms with van der Waals surface area (Å²) in [5, 5.41) is 7.59. The van der Waals surface area contributed by atoms with Crippen LogP contribution in [0.25, 0.3) is 6.08 Å². The number of carbonyl (C=O) groups excluding carboxylic acids is 2. The lowest BCUT2D eigenvalue weighted by Gasteiger charge is -2.19. The summed E-state index contributed by atoms with van der Waals surface area (Å²) in [5.74, 6) is -0.797. The molecule has 1 heterocycles. The maximum absolute atomic E-state index is 12.0. The van der Waals surface area contributed by atoms with Gasteiger partial charge < -0.3 is 11.1 Å². The van der Waals surface area contributed by atoms with Crippen LogP contribution in [0, 0.1) is 19.3 Å². The van der Waals surface area contributed by atoms with Gasteiger partial charge in [-0.3, -0.25) is 9.59 Å². The van der Waals surface area contributed by atoms with E-state index in [1.165, 1.54) is 11.6 Å². The van der Waals surface area contributed by atoms with Crippen LogP contribution in [0.1, 0.15) is 36.2 Å². The Kier molecular flexibility index (Phi) is 6.44. The van der Waals surface area contributed by atoms with Gasteiger partial charge in [-0.1, -0.05) is 41.4 Å². The maximum atomic E-state index is 12.0. The average Bonchev–Trinajstić information content (AvgIpc) is 2.86. The Morgan fingerprint density at radius 3 is 2.48 bits per heavy atom. The van der Waals surface area contributed by atoms with Crippen molar-refractivity contribution in [3.63, 3.8) is 0 Å². The van der Waals surface area contributed by atoms with Crippen LogP contribution in [-0.2, 0) is 16.1 Å². The first-order valence-corrected chi connectivity index (χ1v) is 9.02. The molecule has 6 nitrogen and oxygen atoms in total. The molecule has 0 saturated heterocycles. The van der Waals surface area contributed by atoms with E-state index >= 15 is 0 Å². The van der Waals surface area contributed by atoms with Crippen molar-refractivity contribution in [3.8, 4) is 0 Å². The highest BCUT2D eigenvalue weighted by Gasteiger charge is 2.25. The second-order valence-corrected chi connectivity index (χ2v) is 7.59. The smallest absolute Gasteiger partial charge is 0.244 e. The van der Waals surface area contributed by atoms with Crippen LogP contribution in [-0.4, -0.2) is 28.1 Å². The fraction of sp³-hybridized carbons (Fsp3) is 0.350. The molecule has 2 amide bonds. The molecule has 1 aromatic heterocycles. The van der Waals surface area contributed by atoms with Crippen LogP contribution in [0.5, 0.6) is 0 Å². The van der Waals surface area contributed by atoms with Gasteiger partial charge in [-0.05, 0) is 39.3 Å². The molecule has 0 saturated carbocycles. The molecule has 0 unspecified atom stereocenters. The van der Waals surface area contributed by atoms with Crippen LogP contribution < -0.4 is 11.1 Å². The molecule has 0 aliphatic heterocycles. The standard InChI is InChI=1S/C20H25ClN4O2/c1-13-5-7-15(8-6-13)11-25-18(21)16(14(2)24-25)9-10-17(26)23-12-20(3,4)19(22)27/h5-10H,11-12H2,1-4H3,(H2,22,27)(H,23,26)/b10-9+. The number of rotatable bonds is 7. The molecule has 0 aliphatic carbocycles. The van der Waals surface area contributed by atoms with Gasteiger partial charge in [-0.2, -0.15) is 5.10 Å². The molecule has 0 aliphatic rings. The van der Waals surface area contributed by atoms with Crippen LogP contribution in [0.2, 0.25) is 5.15 Å². The van der Waals surface area contributed by atoms with E-state index in [-0.39, 0.29) is 12.5 Å². The summed E-state index contributed by atoms with van der Waals surface area (Å²) >= 11 is 6.44. The van der Waals surface area contributed by atoms with Crippen molar-refractivity contribution in [2.75, 3.05) is 6.54 Å². The number of aryl methyl sites for hydroxylation is 2. The minimum atomic E-state index is -0.810. The van der Waals surface area contributed by atoms with Crippen molar-refractivity contribution in [3.05, 3.63) is 57.9 Å². The number of benzene rings is 1. The molecule has 0 fully saturated rings. The normalized spacial score (nSPS) is 11.7. The molecule has 0 radical (unpaired) electrons. The fourth-order valence-corrected chi connectivity index (χ4v) is 2.64. The number of primary amides is 1. The first-order valence-electron chi connectivity index (χ1n) is 8.64. The Labute approximate surface area is 164 Å². The van der Waals surface area contributed by atoms with E-state index in [1.807, 2.05) is 38.1 Å². The third-order valence-electron chi connectivity index (χ3n) is 4.34. The number of nitrogens with zero attached hydrogens (tertiary/aromatic N) is 2. The van der Waals surface area contributed by atoms with E-state index in [4.69, 9.17) is 17.3 Å². The highest BCUT2D eigenvalue weighted by Crippen LogP contribution is 2.22. The number of carbonyl (C=O) groups is 2. The van der Waals surface area contributed by atoms with Crippen LogP contribution in [0.4, 0.5) is 0 Å². The van der Waals surface area contributed by atoms with Gasteiger partial charge >= 0.3 is 0 Å². The predicted molar refractivity (Wildman–Crippen MR) is 107 cm³/mol. The van der Waals surface area contributed by atoms with Gasteiger partial charge in [0.25, 0.3) is 0 Å². The average molecular weight is 389 g/mol. The molecular formula is C20H25ClN4O2. The second-order valence-electron chi connectivity index (χ2n) is 7.23. The number of amides is 2. The van der Waals surface area contributed by atoms with E-state index in [0.717, 1.165) is 11.3 Å². The third kappa shape index (κ3) is 5.44. The number of halogens is 1. The Balaban J connectivity index is 2.07. The molecule has 2 rings (SSSR count). The molecule has 144 valence electrons. The van der Waals surface area contributed by atoms with Crippen molar-refractivity contribution < 1.29 is 9.59 Å². The fourth-order valence-electron chi connectivity index (χ4n) is 2.34. The zero-order chi connectivity index (χ0) is 20.2. The molecule has 0 bridgehead atoms. The van der Waals surface area contributed by atoms with E-state index in [2.05, 4.69) is 10.4 Å². The van der Waals surface area contributed by atoms with Crippen LogP contribution in [0.3, 0.4) is 0 Å². The van der Waals surface area contributed by atoms with Gasteiger partial charge in [-0.15, -0.1) is 0 Å². The SMILES string of the molecule is Cc1ccc(Cn2nc(C)c(/C=C/C(=O)NCC(C)(C)C(N)=O)c2Cl)cc1. The lowest BCUT2D eigenvalue weighted by molar-refractivity contribution is -0.126. The van der Waals surface area contributed by atoms with Gasteiger partial charge in [0.05, 0.1) is 17.7 Å². The zero-order valence-corrected chi connectivity index (χ0v) is 16.8. The highest BCUT2D eigenvalue weighted by atomic mass is 35.5. The summed E-state index contributed by atoms with van der Waals surface area (Å²) in [5.41, 5.74) is 8.19. The minimum Gasteiger partial charge on any atom is -0.369 e. The van der Waals surface area contributed by atoms with E-state index < -0.39 is 11.3 Å². The maximum Gasteiger partial charge on any atom is 0.244 e. The number of hydrogen-bond acceptors (Lipinski definition) is 3. The summed E-state index contributed by atoms with van der Waals surface area (Å²) in [6.07, 6.45) is 3.01. The van der Waals surface area contributed by atoms with Gasteiger partial charge in [0.2, 0.25) is 11.8 Å². The monoisotopic (exact) mass is 388 g/mol. The third-order valence-corrected chi connectivity index (χ3v) is 4.73. The lowest BCUT2D eigenvalue weighted by Crippen LogP contribution is -2.41. The number of aromatic nitrogens is 2. The molecule has 1 aromatic carbocycles. The van der Waals surface area contributed by atoms with Crippen LogP contribution >= 0.6 is 11.6 Å². The van der Waals surface area contributed by atoms with Crippen molar-refractivity contribution in [1.29, 1.82) is 0 Å². The summed E-state index contributed by atoms with van der Waals surface area (Å²) in [7, 11) is 0. The van der Waals surface area contributed by atoms with Crippen molar-refractivity contribution >= 4 is 29.5 Å². The van der Waals surface area contributed by atoms with Crippen LogP contribution in [0.15, 0.2) is 30.3 Å². The molecular weight excluding hydrogens is 364 g/mol. The Morgan fingerprint density at radius 2 is 1.89 bits per heavy atom. The number of nitrogens with one attached hydrogen (secondary N) is 1. The van der Waals surface area contributed by atoms with E-state index in [1.54, 1.807) is 24.6 Å². The quantitative estimate of drug-likeness (QED) is 0.714. The summed E-state index contributed by atoms with van der Waals surface area (Å²) in [4.78, 5) is 23.3. The van der Waals surface area contributed by atoms with Crippen molar-refractivity contribution in [2.24, 2.45) is 11.1 Å². The number of hydrogen-bond donors (Lipinski definition) is 2. The molecule has 0 spiro atoms. The number of nitrogens with two attached hydrogens (primary N) is 1. The summed E-state index contributed by atoms with van der Waals surface area (Å²) in [6.45, 7) is 7.93. The van der Waals surface area contributed by atoms with Gasteiger partial charge in [0, 0.05) is 18.2 Å². The first-order chi connectivity index (χ1) is 12.6. The van der Waals surface area contributed by atoms with Gasteiger partial charge in [0.1, 0.15) is 5.15 Å². The summed E-state index contributed by atoms with van der Waals surface area (Å²) < 4.78 is 1.70. The molecule has 3 N–H and O–H groups in total. The second kappa shape index (κ2) is 8.39. The largest absolute Gasteiger partial charge is 0.369 e. The minimum absolute atomic E-state index is 0.158. The molecule has 7 heteroatoms. The Hall–Kier alpha value is -2.60. The van der Waals surface area contributed by atoms with Crippen molar-refractivity contribution in [2.45, 2.75) is 34.2 Å². The zero-order valence-electron chi connectivity index (χ0n) is 16.0. The van der Waals surface area contributed by atoms with E-state index in [9.17, 15) is 9.59 Å². The van der Waals surface area contributed by atoms with E-state index in [0.29, 0.717) is 17.3 Å². The lowest BCUT2D eigenvalue weighted by atomic mass is 9.93. The molecule has 27 heavy (non-hydrogen) atoms. The first kappa shape index (κ1) is 20.7.